The summed E-state index contributed by atoms with van der Waals surface area (Å²) in [6.07, 6.45) is 4.30. The summed E-state index contributed by atoms with van der Waals surface area (Å²) in [5, 5.41) is 2.61. The van der Waals surface area contributed by atoms with Crippen molar-refractivity contribution in [2.45, 2.75) is 90.8 Å². The highest BCUT2D eigenvalue weighted by Gasteiger charge is 2.39. The van der Waals surface area contributed by atoms with Crippen LogP contribution in [0.15, 0.2) is 53.7 Å². The topological polar surface area (TPSA) is 186 Å². The molecule has 4 aromatic rings. The predicted octanol–water partition coefficient (Wildman–Crippen LogP) is 6.17. The van der Waals surface area contributed by atoms with Gasteiger partial charge >= 0.3 is 6.09 Å². The number of fused-ring (bicyclic) bond motifs is 1. The number of benzene rings is 2. The molecule has 6 atom stereocenters. The molecular formula is C42H64N8O8S4. The van der Waals surface area contributed by atoms with Gasteiger partial charge in [-0.25, -0.2) is 19.8 Å². The zero-order valence-corrected chi connectivity index (χ0v) is 38.4. The average molecular weight is 937 g/mol. The summed E-state index contributed by atoms with van der Waals surface area (Å²) in [4.78, 5) is 72.7. The highest BCUT2D eigenvalue weighted by molar-refractivity contribution is 7.59. The Morgan fingerprint density at radius 1 is 0.823 bits per heavy atom. The number of carbonyl (C=O) groups is 3. The van der Waals surface area contributed by atoms with Crippen LogP contribution >= 0.6 is 54.0 Å². The van der Waals surface area contributed by atoms with Gasteiger partial charge < -0.3 is 44.2 Å². The van der Waals surface area contributed by atoms with E-state index >= 15 is 0 Å². The lowest BCUT2D eigenvalue weighted by molar-refractivity contribution is -0.188. The van der Waals surface area contributed by atoms with Crippen LogP contribution in [0, 0.1) is 11.8 Å². The average Bonchev–Trinajstić information content (AvgIpc) is 4.06. The molecule has 2 aromatic heterocycles. The Bertz CT molecular complexity index is 2110. The molecule has 6 rings (SSSR count). The SMILES string of the molecule is C.C.COOC=N[C@H](C(=O)N1CCC[C@H]1c1nc2ccc(C#Cc3ccc(-c4cnc([C@@H]5CCCN5C(=O)[C@@H](NC(=O)OC)[C@@H](C)OC)[nH]4)cc3)cc2[nH]1)[C@@H](C)OC.S.S.S.S. The van der Waals surface area contributed by atoms with Gasteiger partial charge in [-0.2, -0.15) is 58.9 Å². The molecule has 2 aliphatic rings. The van der Waals surface area contributed by atoms with E-state index in [1.807, 2.05) is 42.5 Å². The second-order valence-electron chi connectivity index (χ2n) is 13.7. The van der Waals surface area contributed by atoms with Gasteiger partial charge in [0.2, 0.25) is 12.3 Å². The van der Waals surface area contributed by atoms with E-state index < -0.39 is 30.4 Å². The van der Waals surface area contributed by atoms with E-state index in [2.05, 4.69) is 42.0 Å². The van der Waals surface area contributed by atoms with E-state index in [1.54, 1.807) is 29.8 Å². The molecule has 0 bridgehead atoms. The number of likely N-dealkylation sites (tertiary alicyclic amines) is 2. The molecule has 4 heterocycles. The second kappa shape index (κ2) is 27.0. The van der Waals surface area contributed by atoms with Crippen molar-refractivity contribution < 1.29 is 38.4 Å². The molecule has 344 valence electrons. The maximum Gasteiger partial charge on any atom is 0.407 e. The molecule has 0 aliphatic carbocycles. The molecule has 2 aromatic carbocycles. The highest BCUT2D eigenvalue weighted by Crippen LogP contribution is 2.34. The van der Waals surface area contributed by atoms with Crippen molar-refractivity contribution in [2.75, 3.05) is 41.5 Å². The van der Waals surface area contributed by atoms with E-state index in [0.29, 0.717) is 24.7 Å². The lowest BCUT2D eigenvalue weighted by Crippen LogP contribution is -2.54. The van der Waals surface area contributed by atoms with E-state index in [-0.39, 0.29) is 92.7 Å². The van der Waals surface area contributed by atoms with Crippen molar-refractivity contribution in [3.05, 3.63) is 71.4 Å². The number of nitrogens with zero attached hydrogens (tertiary/aromatic N) is 5. The normalized spacial score (nSPS) is 17.2. The van der Waals surface area contributed by atoms with Gasteiger partial charge in [-0.1, -0.05) is 38.8 Å². The molecule has 3 N–H and O–H groups in total. The lowest BCUT2D eigenvalue weighted by atomic mass is 10.1. The number of rotatable bonds is 13. The zero-order chi connectivity index (χ0) is 39.8. The third-order valence-corrected chi connectivity index (χ3v) is 10.3. The van der Waals surface area contributed by atoms with Crippen molar-refractivity contribution >= 4 is 89.3 Å². The number of alkyl carbamates (subject to hydrolysis) is 1. The number of aromatic nitrogens is 4. The molecule has 0 saturated carbocycles. The van der Waals surface area contributed by atoms with Crippen molar-refractivity contribution in [1.29, 1.82) is 0 Å². The summed E-state index contributed by atoms with van der Waals surface area (Å²) in [7, 11) is 5.65. The molecule has 0 spiro atoms. The van der Waals surface area contributed by atoms with Crippen LogP contribution in [-0.2, 0) is 33.6 Å². The van der Waals surface area contributed by atoms with Gasteiger partial charge in [0.05, 0.1) is 61.4 Å². The summed E-state index contributed by atoms with van der Waals surface area (Å²) >= 11 is 0. The largest absolute Gasteiger partial charge is 0.453 e. The first-order chi connectivity index (χ1) is 27.1. The Morgan fingerprint density at radius 2 is 1.42 bits per heavy atom. The van der Waals surface area contributed by atoms with Crippen LogP contribution in [0.2, 0.25) is 0 Å². The number of amides is 3. The Hall–Kier alpha value is -4.36. The quantitative estimate of drug-likeness (QED) is 0.0461. The molecule has 3 amide bonds. The standard InChI is InChI=1S/C40H48N8O8.2CH4.4H2S/c1-24(52-3)34(42-23-56-55-6)38(49)48-20-8-10-33(48)37-43-29-18-15-27(21-30(29)44-37)12-11-26-13-16-28(17-14-26)31-22-41-36(45-31)32-9-7-19-47(32)39(50)35(25(2)53-4)46-40(51)54-5;;;;;;/h13-18,21-25,32-35H,7-10,19-20H2,1-6H3,(H,41,45)(H,43,44)(H,46,51);2*1H4;4*1H2/t24-,25-,32+,33+,34+,35+;;;;;;/m1....../s1. The lowest BCUT2D eigenvalue weighted by Gasteiger charge is -2.30. The Morgan fingerprint density at radius 3 is 2.03 bits per heavy atom. The van der Waals surface area contributed by atoms with Gasteiger partial charge in [0.15, 0.2) is 6.04 Å². The maximum atomic E-state index is 13.6. The van der Waals surface area contributed by atoms with E-state index in [9.17, 15) is 14.4 Å². The van der Waals surface area contributed by atoms with Crippen molar-refractivity contribution in [3.63, 3.8) is 0 Å². The van der Waals surface area contributed by atoms with Crippen molar-refractivity contribution in [1.82, 2.24) is 35.1 Å². The number of imidazole rings is 2. The van der Waals surface area contributed by atoms with Crippen LogP contribution in [0.3, 0.4) is 0 Å². The predicted molar refractivity (Wildman–Crippen MR) is 261 cm³/mol. The van der Waals surface area contributed by atoms with Gasteiger partial charge in [-0.15, -0.1) is 0 Å². The fourth-order valence-corrected chi connectivity index (χ4v) is 7.12. The smallest absolute Gasteiger partial charge is 0.407 e. The molecule has 62 heavy (non-hydrogen) atoms. The van der Waals surface area contributed by atoms with Gasteiger partial charge in [0.25, 0.3) is 5.91 Å². The minimum atomic E-state index is -0.900. The number of aromatic amines is 2. The molecule has 20 heteroatoms. The number of methoxy groups -OCH3 is 3. The highest BCUT2D eigenvalue weighted by atomic mass is 32.1. The van der Waals surface area contributed by atoms with Crippen LogP contribution in [0.5, 0.6) is 0 Å². The van der Waals surface area contributed by atoms with Crippen molar-refractivity contribution in [3.8, 4) is 23.1 Å². The van der Waals surface area contributed by atoms with Crippen LogP contribution in [0.25, 0.3) is 22.3 Å². The number of aliphatic imine (C=N–C) groups is 1. The second-order valence-corrected chi connectivity index (χ2v) is 13.7. The fourth-order valence-electron chi connectivity index (χ4n) is 7.12. The molecule has 0 unspecified atom stereocenters. The summed E-state index contributed by atoms with van der Waals surface area (Å²) in [5.41, 5.74) is 5.00. The van der Waals surface area contributed by atoms with Crippen molar-refractivity contribution in [2.24, 2.45) is 4.99 Å². The number of hydrogen-bond acceptors (Lipinski definition) is 11. The van der Waals surface area contributed by atoms with Gasteiger partial charge in [-0.05, 0) is 75.4 Å². The Kier molecular flexibility index (Phi) is 25.1. The third kappa shape index (κ3) is 13.3. The first-order valence-corrected chi connectivity index (χ1v) is 18.5. The summed E-state index contributed by atoms with van der Waals surface area (Å²) in [6.45, 7) is 4.64. The summed E-state index contributed by atoms with van der Waals surface area (Å²) < 4.78 is 15.6. The van der Waals surface area contributed by atoms with Crippen LogP contribution in [-0.4, -0.2) is 120 Å². The summed E-state index contributed by atoms with van der Waals surface area (Å²) in [6, 6.07) is 11.5. The molecule has 2 fully saturated rings. The van der Waals surface area contributed by atoms with Crippen LogP contribution in [0.1, 0.15) is 89.2 Å². The Balaban J connectivity index is 0.00000620. The number of nitrogens with one attached hydrogen (secondary N) is 3. The minimum Gasteiger partial charge on any atom is -0.453 e. The van der Waals surface area contributed by atoms with E-state index in [4.69, 9.17) is 24.1 Å². The maximum absolute atomic E-state index is 13.6. The minimum absolute atomic E-state index is 0. The zero-order valence-electron chi connectivity index (χ0n) is 34.4. The van der Waals surface area contributed by atoms with Gasteiger partial charge in [0.1, 0.15) is 17.7 Å². The van der Waals surface area contributed by atoms with Crippen LogP contribution < -0.4 is 5.32 Å². The number of hydrogen-bond donors (Lipinski definition) is 3. The third-order valence-electron chi connectivity index (χ3n) is 10.3. The van der Waals surface area contributed by atoms with Gasteiger partial charge in [-0.3, -0.25) is 9.59 Å². The fraction of sp³-hybridized carbons (Fsp3) is 0.476. The van der Waals surface area contributed by atoms with E-state index in [1.165, 1.54) is 28.4 Å². The molecule has 2 saturated heterocycles. The molecular weight excluding hydrogens is 873 g/mol. The van der Waals surface area contributed by atoms with Gasteiger partial charge in [0, 0.05) is 38.4 Å². The van der Waals surface area contributed by atoms with Crippen LogP contribution in [0.4, 0.5) is 4.79 Å². The molecule has 2 aliphatic heterocycles. The summed E-state index contributed by atoms with van der Waals surface area (Å²) in [5.74, 6) is 7.46. The monoisotopic (exact) mass is 936 g/mol. The molecule has 0 radical (unpaired) electrons. The first kappa shape index (κ1) is 57.6. The Labute approximate surface area is 392 Å². The van der Waals surface area contributed by atoms with E-state index in [0.717, 1.165) is 65.5 Å². The number of carbonyl (C=O) groups excluding carboxylic acids is 3. The number of ether oxygens (including phenoxy) is 3. The number of H-pyrrole nitrogens is 2. The molecule has 16 nitrogen and oxygen atoms in total. The first-order valence-electron chi connectivity index (χ1n) is 18.5.